The second kappa shape index (κ2) is 3.08. The Morgan fingerprint density at radius 1 is 1.55 bits per heavy atom. The van der Waals surface area contributed by atoms with Gasteiger partial charge in [0.25, 0.3) is 6.43 Å². The van der Waals surface area contributed by atoms with Gasteiger partial charge in [0.2, 0.25) is 5.95 Å². The monoisotopic (exact) mass is 223 g/mol. The lowest BCUT2D eigenvalue weighted by atomic mass is 10.4. The minimum atomic E-state index is -2.63. The number of nitrogens with two attached hydrogens (primary N) is 1. The Kier molecular flexibility index (Phi) is 2.33. The molecule has 1 heterocycles. The average molecular weight is 224 g/mol. The highest BCUT2D eigenvalue weighted by Gasteiger charge is 2.13. The van der Waals surface area contributed by atoms with E-state index in [0.29, 0.717) is 0 Å². The van der Waals surface area contributed by atoms with Gasteiger partial charge in [-0.3, -0.25) is 0 Å². The largest absolute Gasteiger partial charge is 0.368 e. The molecular weight excluding hydrogens is 220 g/mol. The number of nitrogens with zero attached hydrogens (tertiary/aromatic N) is 2. The van der Waals surface area contributed by atoms with Gasteiger partial charge in [-0.15, -0.1) is 0 Å². The van der Waals surface area contributed by atoms with Gasteiger partial charge in [-0.25, -0.2) is 18.7 Å². The van der Waals surface area contributed by atoms with Crippen LogP contribution in [-0.4, -0.2) is 9.97 Å². The molecule has 0 aliphatic carbocycles. The smallest absolute Gasteiger partial charge is 0.281 e. The van der Waals surface area contributed by atoms with Crippen molar-refractivity contribution >= 4 is 21.9 Å². The topological polar surface area (TPSA) is 51.8 Å². The lowest BCUT2D eigenvalue weighted by Crippen LogP contribution is -1.99. The van der Waals surface area contributed by atoms with Crippen LogP contribution in [0.1, 0.15) is 12.1 Å². The molecular formula is C5H4BrF2N3. The van der Waals surface area contributed by atoms with Crippen molar-refractivity contribution in [3.63, 3.8) is 0 Å². The van der Waals surface area contributed by atoms with Crippen LogP contribution >= 0.6 is 15.9 Å². The van der Waals surface area contributed by atoms with E-state index in [1.807, 2.05) is 0 Å². The highest BCUT2D eigenvalue weighted by molar-refractivity contribution is 9.10. The number of nitrogen functional groups attached to an aromatic ring is 1. The van der Waals surface area contributed by atoms with E-state index in [2.05, 4.69) is 25.9 Å². The van der Waals surface area contributed by atoms with E-state index in [0.717, 1.165) is 0 Å². The van der Waals surface area contributed by atoms with E-state index >= 15 is 0 Å². The first-order valence-corrected chi connectivity index (χ1v) is 3.46. The van der Waals surface area contributed by atoms with E-state index in [4.69, 9.17) is 5.73 Å². The van der Waals surface area contributed by atoms with E-state index in [-0.39, 0.29) is 16.1 Å². The number of aromatic nitrogens is 2. The van der Waals surface area contributed by atoms with Crippen molar-refractivity contribution in [2.24, 2.45) is 0 Å². The highest BCUT2D eigenvalue weighted by Crippen LogP contribution is 2.24. The Hall–Kier alpha value is -0.780. The van der Waals surface area contributed by atoms with Crippen molar-refractivity contribution < 1.29 is 8.78 Å². The number of hydrogen-bond donors (Lipinski definition) is 1. The molecule has 0 radical (unpaired) electrons. The van der Waals surface area contributed by atoms with Crippen molar-refractivity contribution in [3.8, 4) is 0 Å². The molecule has 0 atom stereocenters. The predicted octanol–water partition coefficient (Wildman–Crippen LogP) is 1.76. The standard InChI is InChI=1S/C5H4BrF2N3/c6-2-1-10-5(9)11-3(2)4(7)8/h1,4H,(H2,9,10,11). The molecule has 0 saturated heterocycles. The quantitative estimate of drug-likeness (QED) is 0.790. The summed E-state index contributed by atoms with van der Waals surface area (Å²) in [4.78, 5) is 6.85. The summed E-state index contributed by atoms with van der Waals surface area (Å²) in [6, 6.07) is 0. The molecule has 0 bridgehead atoms. The fraction of sp³-hybridized carbons (Fsp3) is 0.200. The van der Waals surface area contributed by atoms with E-state index in [1.165, 1.54) is 6.20 Å². The van der Waals surface area contributed by atoms with Crippen LogP contribution in [0.5, 0.6) is 0 Å². The molecule has 0 fully saturated rings. The van der Waals surface area contributed by atoms with Crippen LogP contribution in [0.15, 0.2) is 10.7 Å². The van der Waals surface area contributed by atoms with Gasteiger partial charge in [0.1, 0.15) is 5.69 Å². The summed E-state index contributed by atoms with van der Waals surface area (Å²) in [6.07, 6.45) is -1.43. The summed E-state index contributed by atoms with van der Waals surface area (Å²) in [5.74, 6) is -0.150. The zero-order valence-corrected chi connectivity index (χ0v) is 6.85. The maximum Gasteiger partial charge on any atom is 0.281 e. The molecule has 2 N–H and O–H groups in total. The first-order chi connectivity index (χ1) is 5.11. The maximum atomic E-state index is 12.0. The molecule has 0 unspecified atom stereocenters. The molecule has 0 aromatic carbocycles. The fourth-order valence-corrected chi connectivity index (χ4v) is 0.912. The molecule has 1 rings (SSSR count). The number of halogens is 3. The summed E-state index contributed by atoms with van der Waals surface area (Å²) in [6.45, 7) is 0. The molecule has 0 spiro atoms. The molecule has 60 valence electrons. The van der Waals surface area contributed by atoms with Crippen molar-refractivity contribution in [2.75, 3.05) is 5.73 Å². The third-order valence-electron chi connectivity index (χ3n) is 0.997. The Bertz CT molecular complexity index is 266. The summed E-state index contributed by atoms with van der Waals surface area (Å²) in [5.41, 5.74) is 4.71. The SMILES string of the molecule is Nc1ncc(Br)c(C(F)F)n1. The first-order valence-electron chi connectivity index (χ1n) is 2.67. The van der Waals surface area contributed by atoms with E-state index < -0.39 is 6.43 Å². The zero-order valence-electron chi connectivity index (χ0n) is 5.26. The lowest BCUT2D eigenvalue weighted by Gasteiger charge is -2.00. The summed E-state index contributed by atoms with van der Waals surface area (Å²) in [5, 5.41) is 0. The molecule has 1 aromatic heterocycles. The van der Waals surface area contributed by atoms with Gasteiger partial charge in [-0.05, 0) is 15.9 Å². The minimum Gasteiger partial charge on any atom is -0.368 e. The van der Waals surface area contributed by atoms with Gasteiger partial charge < -0.3 is 5.73 Å². The maximum absolute atomic E-state index is 12.0. The Labute approximate surface area is 69.8 Å². The molecule has 0 aliphatic heterocycles. The van der Waals surface area contributed by atoms with Gasteiger partial charge in [-0.2, -0.15) is 0 Å². The molecule has 0 amide bonds. The Balaban J connectivity index is 3.13. The summed E-state index contributed by atoms with van der Waals surface area (Å²) in [7, 11) is 0. The van der Waals surface area contributed by atoms with Crippen LogP contribution < -0.4 is 5.73 Å². The molecule has 0 aliphatic rings. The van der Waals surface area contributed by atoms with Crippen molar-refractivity contribution in [1.82, 2.24) is 9.97 Å². The van der Waals surface area contributed by atoms with E-state index in [9.17, 15) is 8.78 Å². The molecule has 6 heteroatoms. The highest BCUT2D eigenvalue weighted by atomic mass is 79.9. The average Bonchev–Trinajstić information content (AvgIpc) is 1.94. The van der Waals surface area contributed by atoms with Gasteiger partial charge in [0, 0.05) is 6.20 Å². The van der Waals surface area contributed by atoms with Crippen LogP contribution in [0.4, 0.5) is 14.7 Å². The third-order valence-corrected chi connectivity index (χ3v) is 1.61. The summed E-state index contributed by atoms with van der Waals surface area (Å²) >= 11 is 2.87. The van der Waals surface area contributed by atoms with Gasteiger partial charge in [0.15, 0.2) is 0 Å². The number of hydrogen-bond acceptors (Lipinski definition) is 3. The van der Waals surface area contributed by atoms with Crippen LogP contribution in [-0.2, 0) is 0 Å². The normalized spacial score (nSPS) is 10.5. The Morgan fingerprint density at radius 3 is 2.64 bits per heavy atom. The molecule has 1 aromatic rings. The molecule has 11 heavy (non-hydrogen) atoms. The fourth-order valence-electron chi connectivity index (χ4n) is 0.548. The van der Waals surface area contributed by atoms with Crippen LogP contribution in [0.3, 0.4) is 0 Å². The molecule has 0 saturated carbocycles. The second-order valence-corrected chi connectivity index (χ2v) is 2.62. The minimum absolute atomic E-state index is 0.150. The second-order valence-electron chi connectivity index (χ2n) is 1.76. The number of anilines is 1. The van der Waals surface area contributed by atoms with E-state index in [1.54, 1.807) is 0 Å². The van der Waals surface area contributed by atoms with Gasteiger partial charge >= 0.3 is 0 Å². The van der Waals surface area contributed by atoms with Crippen LogP contribution in [0.2, 0.25) is 0 Å². The Morgan fingerprint density at radius 2 is 2.18 bits per heavy atom. The van der Waals surface area contributed by atoms with Gasteiger partial charge in [0.05, 0.1) is 4.47 Å². The lowest BCUT2D eigenvalue weighted by molar-refractivity contribution is 0.145. The third kappa shape index (κ3) is 1.83. The predicted molar refractivity (Wildman–Crippen MR) is 39.1 cm³/mol. The van der Waals surface area contributed by atoms with Crippen molar-refractivity contribution in [3.05, 3.63) is 16.4 Å². The van der Waals surface area contributed by atoms with Crippen LogP contribution in [0.25, 0.3) is 0 Å². The van der Waals surface area contributed by atoms with Crippen molar-refractivity contribution in [1.29, 1.82) is 0 Å². The number of rotatable bonds is 1. The number of alkyl halides is 2. The first kappa shape index (κ1) is 8.32. The molecule has 3 nitrogen and oxygen atoms in total. The van der Waals surface area contributed by atoms with Gasteiger partial charge in [-0.1, -0.05) is 0 Å². The summed E-state index contributed by atoms with van der Waals surface area (Å²) < 4.78 is 24.2. The van der Waals surface area contributed by atoms with Crippen molar-refractivity contribution in [2.45, 2.75) is 6.43 Å². The zero-order chi connectivity index (χ0) is 8.43. The van der Waals surface area contributed by atoms with Crippen LogP contribution in [0, 0.1) is 0 Å².